The number of carbonyl (C=O) groups excluding carboxylic acids is 2. The summed E-state index contributed by atoms with van der Waals surface area (Å²) in [6.07, 6.45) is -4.84. The molecule has 4 rings (SSSR count). The molecule has 45 heavy (non-hydrogen) atoms. The standard InChI is InChI=1S/C32H28Cl2F3N3O4S/c1-38-31(42)29(18-22-9-4-2-5-10-22)39(20-23-11-8-12-24(33)17-23)30(41)21-40(45(43,44)26-13-6-3-7-14-26)25-15-16-28(34)27(19-25)32(35,36)37/h2-17,19,29H,18,20-21H2,1H3,(H,38,42). The second kappa shape index (κ2) is 14.4. The largest absolute Gasteiger partial charge is 0.417 e. The topological polar surface area (TPSA) is 86.8 Å². The molecule has 0 radical (unpaired) electrons. The average Bonchev–Trinajstić information content (AvgIpc) is 3.01. The molecule has 236 valence electrons. The molecule has 0 aromatic heterocycles. The Bertz CT molecular complexity index is 1760. The number of hydrogen-bond donors (Lipinski definition) is 1. The van der Waals surface area contributed by atoms with Crippen molar-refractivity contribution in [1.29, 1.82) is 0 Å². The lowest BCUT2D eigenvalue weighted by atomic mass is 10.0. The lowest BCUT2D eigenvalue weighted by Crippen LogP contribution is -2.53. The third-order valence-electron chi connectivity index (χ3n) is 6.91. The van der Waals surface area contributed by atoms with Crippen LogP contribution in [0.5, 0.6) is 0 Å². The van der Waals surface area contributed by atoms with Gasteiger partial charge >= 0.3 is 6.18 Å². The van der Waals surface area contributed by atoms with E-state index in [1.165, 1.54) is 36.2 Å². The fourth-order valence-corrected chi connectivity index (χ4v) is 6.55. The first kappa shape index (κ1) is 33.8. The molecule has 4 aromatic rings. The molecule has 0 aliphatic heterocycles. The van der Waals surface area contributed by atoms with E-state index >= 15 is 0 Å². The first-order valence-electron chi connectivity index (χ1n) is 13.5. The highest BCUT2D eigenvalue weighted by atomic mass is 35.5. The summed E-state index contributed by atoms with van der Waals surface area (Å²) in [5, 5.41) is 2.29. The SMILES string of the molecule is CNC(=O)C(Cc1ccccc1)N(Cc1cccc(Cl)c1)C(=O)CN(c1ccc(Cl)c(C(F)(F)F)c1)S(=O)(=O)c1ccccc1. The first-order valence-corrected chi connectivity index (χ1v) is 15.7. The number of anilines is 1. The van der Waals surface area contributed by atoms with Crippen LogP contribution in [0.15, 0.2) is 108 Å². The van der Waals surface area contributed by atoms with E-state index in [4.69, 9.17) is 23.2 Å². The van der Waals surface area contributed by atoms with Crippen molar-refractivity contribution < 1.29 is 31.2 Å². The Kier molecular flexibility index (Phi) is 10.8. The van der Waals surface area contributed by atoms with Crippen molar-refractivity contribution in [3.05, 3.63) is 130 Å². The number of hydrogen-bond acceptors (Lipinski definition) is 4. The van der Waals surface area contributed by atoms with Gasteiger partial charge in [0.2, 0.25) is 11.8 Å². The van der Waals surface area contributed by atoms with Crippen molar-refractivity contribution >= 4 is 50.7 Å². The quantitative estimate of drug-likeness (QED) is 0.194. The number of amides is 2. The molecular weight excluding hydrogens is 650 g/mol. The second-order valence-electron chi connectivity index (χ2n) is 9.96. The highest BCUT2D eigenvalue weighted by Gasteiger charge is 2.37. The van der Waals surface area contributed by atoms with Gasteiger partial charge in [-0.3, -0.25) is 13.9 Å². The summed E-state index contributed by atoms with van der Waals surface area (Å²) >= 11 is 12.0. The van der Waals surface area contributed by atoms with Crippen LogP contribution in [-0.2, 0) is 38.8 Å². The van der Waals surface area contributed by atoms with Crippen molar-refractivity contribution in [2.24, 2.45) is 0 Å². The molecular formula is C32H28Cl2F3N3O4S. The van der Waals surface area contributed by atoms with Crippen LogP contribution >= 0.6 is 23.2 Å². The van der Waals surface area contributed by atoms with Crippen molar-refractivity contribution in [1.82, 2.24) is 10.2 Å². The number of nitrogens with zero attached hydrogens (tertiary/aromatic N) is 2. The number of rotatable bonds is 11. The van der Waals surface area contributed by atoms with Crippen LogP contribution in [0.3, 0.4) is 0 Å². The van der Waals surface area contributed by atoms with Gasteiger partial charge in [0.15, 0.2) is 0 Å². The normalized spacial score (nSPS) is 12.3. The highest BCUT2D eigenvalue weighted by Crippen LogP contribution is 2.38. The monoisotopic (exact) mass is 677 g/mol. The number of sulfonamides is 1. The molecule has 13 heteroatoms. The zero-order valence-electron chi connectivity index (χ0n) is 23.8. The Labute approximate surface area is 269 Å². The van der Waals surface area contributed by atoms with E-state index in [0.29, 0.717) is 21.0 Å². The number of likely N-dealkylation sites (N-methyl/N-ethyl adjacent to an activating group) is 1. The van der Waals surface area contributed by atoms with Crippen molar-refractivity contribution in [2.75, 3.05) is 17.9 Å². The Morgan fingerprint density at radius 2 is 1.47 bits per heavy atom. The van der Waals surface area contributed by atoms with Gasteiger partial charge in [0.25, 0.3) is 10.0 Å². The number of carbonyl (C=O) groups is 2. The van der Waals surface area contributed by atoms with Gasteiger partial charge < -0.3 is 10.2 Å². The van der Waals surface area contributed by atoms with E-state index in [2.05, 4.69) is 5.32 Å². The van der Waals surface area contributed by atoms with Crippen molar-refractivity contribution in [3.63, 3.8) is 0 Å². The summed E-state index contributed by atoms with van der Waals surface area (Å²) in [7, 11) is -3.19. The molecule has 0 bridgehead atoms. The van der Waals surface area contributed by atoms with E-state index in [9.17, 15) is 31.2 Å². The Hall–Kier alpha value is -4.06. The fourth-order valence-electron chi connectivity index (χ4n) is 4.69. The third-order valence-corrected chi connectivity index (χ3v) is 9.27. The van der Waals surface area contributed by atoms with Crippen LogP contribution in [0.2, 0.25) is 10.0 Å². The van der Waals surface area contributed by atoms with Crippen LogP contribution in [0.1, 0.15) is 16.7 Å². The molecule has 1 unspecified atom stereocenters. The maximum absolute atomic E-state index is 14.3. The van der Waals surface area contributed by atoms with Gasteiger partial charge in [-0.2, -0.15) is 13.2 Å². The molecule has 1 atom stereocenters. The summed E-state index contributed by atoms with van der Waals surface area (Å²) in [5.74, 6) is -1.37. The van der Waals surface area contributed by atoms with Gasteiger partial charge in [-0.05, 0) is 53.6 Å². The van der Waals surface area contributed by atoms with E-state index in [1.54, 1.807) is 60.7 Å². The van der Waals surface area contributed by atoms with Crippen molar-refractivity contribution in [3.8, 4) is 0 Å². The molecule has 2 amide bonds. The Morgan fingerprint density at radius 1 is 0.844 bits per heavy atom. The molecule has 0 saturated heterocycles. The Morgan fingerprint density at radius 3 is 2.07 bits per heavy atom. The molecule has 0 saturated carbocycles. The molecule has 7 nitrogen and oxygen atoms in total. The van der Waals surface area contributed by atoms with Crippen LogP contribution in [0, 0.1) is 0 Å². The average molecular weight is 679 g/mol. The molecule has 0 aliphatic rings. The van der Waals surface area contributed by atoms with Crippen LogP contribution in [0.25, 0.3) is 0 Å². The number of alkyl halides is 3. The molecule has 0 spiro atoms. The minimum atomic E-state index is -4.90. The third kappa shape index (κ3) is 8.36. The van der Waals surface area contributed by atoms with Crippen LogP contribution in [-0.4, -0.2) is 44.8 Å². The molecule has 0 heterocycles. The zero-order chi connectivity index (χ0) is 32.8. The maximum atomic E-state index is 14.3. The van der Waals surface area contributed by atoms with Gasteiger partial charge in [0.05, 0.1) is 21.2 Å². The van der Waals surface area contributed by atoms with Gasteiger partial charge in [0.1, 0.15) is 12.6 Å². The van der Waals surface area contributed by atoms with Crippen LogP contribution in [0.4, 0.5) is 18.9 Å². The smallest absolute Gasteiger partial charge is 0.357 e. The van der Waals surface area contributed by atoms with Gasteiger partial charge in [-0.15, -0.1) is 0 Å². The molecule has 0 fully saturated rings. The summed E-state index contributed by atoms with van der Waals surface area (Å²) in [5.41, 5.74) is -0.450. The number of halogens is 5. The predicted octanol–water partition coefficient (Wildman–Crippen LogP) is 6.59. The summed E-state index contributed by atoms with van der Waals surface area (Å²) in [6, 6.07) is 23.9. The first-order chi connectivity index (χ1) is 21.3. The summed E-state index contributed by atoms with van der Waals surface area (Å²) < 4.78 is 70.0. The predicted molar refractivity (Wildman–Crippen MR) is 167 cm³/mol. The van der Waals surface area contributed by atoms with E-state index < -0.39 is 56.9 Å². The minimum Gasteiger partial charge on any atom is -0.357 e. The lowest BCUT2D eigenvalue weighted by molar-refractivity contribution is -0.139. The lowest BCUT2D eigenvalue weighted by Gasteiger charge is -2.33. The van der Waals surface area contributed by atoms with E-state index in [-0.39, 0.29) is 17.9 Å². The zero-order valence-corrected chi connectivity index (χ0v) is 26.2. The van der Waals surface area contributed by atoms with Gasteiger partial charge in [-0.25, -0.2) is 8.42 Å². The maximum Gasteiger partial charge on any atom is 0.417 e. The molecule has 1 N–H and O–H groups in total. The Balaban J connectivity index is 1.84. The van der Waals surface area contributed by atoms with E-state index in [0.717, 1.165) is 17.7 Å². The summed E-state index contributed by atoms with van der Waals surface area (Å²) in [4.78, 5) is 28.5. The number of nitrogens with one attached hydrogen (secondary N) is 1. The second-order valence-corrected chi connectivity index (χ2v) is 12.7. The minimum absolute atomic E-state index is 0.0669. The number of benzene rings is 4. The highest BCUT2D eigenvalue weighted by molar-refractivity contribution is 7.92. The van der Waals surface area contributed by atoms with Crippen LogP contribution < -0.4 is 9.62 Å². The van der Waals surface area contributed by atoms with Gasteiger partial charge in [-0.1, -0.05) is 83.9 Å². The van der Waals surface area contributed by atoms with Crippen molar-refractivity contribution in [2.45, 2.75) is 30.1 Å². The fraction of sp³-hybridized carbons (Fsp3) is 0.188. The van der Waals surface area contributed by atoms with E-state index in [1.807, 2.05) is 0 Å². The molecule has 0 aliphatic carbocycles. The molecule has 4 aromatic carbocycles. The summed E-state index contributed by atoms with van der Waals surface area (Å²) in [6.45, 7) is -1.09. The van der Waals surface area contributed by atoms with Gasteiger partial charge in [0, 0.05) is 25.0 Å².